The SMILES string of the molecule is COc1ccc(-c2ccc(/C=C3\SC(=O)N(CCOc4ccc(Cl)cc4)C3=O)o2)cc1Cl. The minimum atomic E-state index is -0.384. The number of amides is 2. The molecule has 0 bridgehead atoms. The summed E-state index contributed by atoms with van der Waals surface area (Å²) in [5.74, 6) is 1.82. The van der Waals surface area contributed by atoms with Gasteiger partial charge in [0.25, 0.3) is 11.1 Å². The summed E-state index contributed by atoms with van der Waals surface area (Å²) < 4.78 is 16.6. The van der Waals surface area contributed by atoms with E-state index in [4.69, 9.17) is 37.1 Å². The van der Waals surface area contributed by atoms with Crippen molar-refractivity contribution in [1.82, 2.24) is 4.90 Å². The molecule has 0 aliphatic carbocycles. The van der Waals surface area contributed by atoms with Gasteiger partial charge in [-0.25, -0.2) is 0 Å². The molecule has 32 heavy (non-hydrogen) atoms. The van der Waals surface area contributed by atoms with Crippen LogP contribution in [0, 0.1) is 0 Å². The van der Waals surface area contributed by atoms with Crippen LogP contribution in [0.25, 0.3) is 17.4 Å². The predicted molar refractivity (Wildman–Crippen MR) is 125 cm³/mol. The number of benzene rings is 2. The van der Waals surface area contributed by atoms with Crippen LogP contribution in [0.5, 0.6) is 11.5 Å². The molecule has 2 aromatic carbocycles. The average molecular weight is 490 g/mol. The van der Waals surface area contributed by atoms with E-state index in [-0.39, 0.29) is 29.2 Å². The number of furan rings is 1. The molecule has 1 aliphatic heterocycles. The summed E-state index contributed by atoms with van der Waals surface area (Å²) in [6.45, 7) is 0.314. The Balaban J connectivity index is 1.41. The van der Waals surface area contributed by atoms with Crippen LogP contribution in [0.1, 0.15) is 5.76 Å². The largest absolute Gasteiger partial charge is 0.495 e. The maximum atomic E-state index is 12.7. The van der Waals surface area contributed by atoms with E-state index in [0.29, 0.717) is 33.1 Å². The van der Waals surface area contributed by atoms with E-state index < -0.39 is 0 Å². The van der Waals surface area contributed by atoms with Crippen LogP contribution in [-0.4, -0.2) is 36.3 Å². The fraction of sp³-hybridized carbons (Fsp3) is 0.130. The van der Waals surface area contributed by atoms with Crippen LogP contribution in [0.3, 0.4) is 0 Å². The van der Waals surface area contributed by atoms with E-state index in [9.17, 15) is 9.59 Å². The minimum absolute atomic E-state index is 0.137. The Morgan fingerprint density at radius 3 is 2.56 bits per heavy atom. The van der Waals surface area contributed by atoms with Crippen LogP contribution >= 0.6 is 35.0 Å². The number of thioether (sulfide) groups is 1. The van der Waals surface area contributed by atoms with Gasteiger partial charge in [-0.05, 0) is 66.4 Å². The number of carbonyl (C=O) groups is 2. The van der Waals surface area contributed by atoms with Crippen molar-refractivity contribution >= 4 is 52.2 Å². The van der Waals surface area contributed by atoms with Gasteiger partial charge in [-0.3, -0.25) is 14.5 Å². The molecular formula is C23H17Cl2NO5S. The summed E-state index contributed by atoms with van der Waals surface area (Å²) in [5, 5.41) is 0.712. The molecule has 0 unspecified atom stereocenters. The first-order valence-corrected chi connectivity index (χ1v) is 11.1. The highest BCUT2D eigenvalue weighted by molar-refractivity contribution is 8.18. The molecule has 2 amide bonds. The van der Waals surface area contributed by atoms with Gasteiger partial charge < -0.3 is 13.9 Å². The maximum absolute atomic E-state index is 12.7. The number of imide groups is 1. The average Bonchev–Trinajstić information content (AvgIpc) is 3.35. The van der Waals surface area contributed by atoms with Crippen molar-refractivity contribution in [1.29, 1.82) is 0 Å². The molecule has 4 rings (SSSR count). The van der Waals surface area contributed by atoms with Crippen molar-refractivity contribution in [2.45, 2.75) is 0 Å². The number of halogens is 2. The van der Waals surface area contributed by atoms with Crippen molar-refractivity contribution in [3.63, 3.8) is 0 Å². The minimum Gasteiger partial charge on any atom is -0.495 e. The quantitative estimate of drug-likeness (QED) is 0.358. The standard InChI is InChI=1S/C23H17Cl2NO5S/c1-29-20-8-2-14(12-18(20)25)19-9-7-17(31-19)13-21-22(27)26(23(28)32-21)10-11-30-16-5-3-15(24)4-6-16/h2-9,12-13H,10-11H2,1H3/b21-13-. The number of ether oxygens (including phenoxy) is 2. The maximum Gasteiger partial charge on any atom is 0.293 e. The zero-order valence-corrected chi connectivity index (χ0v) is 19.2. The normalized spacial score (nSPS) is 15.0. The molecule has 1 fully saturated rings. The molecule has 1 aliphatic rings. The summed E-state index contributed by atoms with van der Waals surface area (Å²) in [7, 11) is 1.54. The third-order valence-electron chi connectivity index (χ3n) is 4.61. The van der Waals surface area contributed by atoms with Crippen molar-refractivity contribution < 1.29 is 23.5 Å². The Hall–Kier alpha value is -2.87. The zero-order valence-electron chi connectivity index (χ0n) is 16.8. The summed E-state index contributed by atoms with van der Waals surface area (Å²) in [6.07, 6.45) is 1.56. The van der Waals surface area contributed by atoms with Crippen LogP contribution in [-0.2, 0) is 4.79 Å². The van der Waals surface area contributed by atoms with Gasteiger partial charge in [-0.1, -0.05) is 23.2 Å². The van der Waals surface area contributed by atoms with E-state index >= 15 is 0 Å². The van der Waals surface area contributed by atoms with Crippen LogP contribution in [0.15, 0.2) is 63.9 Å². The van der Waals surface area contributed by atoms with Gasteiger partial charge in [-0.15, -0.1) is 0 Å². The second-order valence-electron chi connectivity index (χ2n) is 6.69. The molecule has 164 valence electrons. The fourth-order valence-corrected chi connectivity index (χ4v) is 4.24. The summed E-state index contributed by atoms with van der Waals surface area (Å²) in [4.78, 5) is 26.4. The molecule has 1 saturated heterocycles. The van der Waals surface area contributed by atoms with Gasteiger partial charge in [0, 0.05) is 16.7 Å². The highest BCUT2D eigenvalue weighted by Crippen LogP contribution is 2.34. The highest BCUT2D eigenvalue weighted by atomic mass is 35.5. The number of rotatable bonds is 7. The smallest absolute Gasteiger partial charge is 0.293 e. The monoisotopic (exact) mass is 489 g/mol. The molecule has 0 spiro atoms. The predicted octanol–water partition coefficient (Wildman–Crippen LogP) is 6.38. The fourth-order valence-electron chi connectivity index (χ4n) is 3.01. The molecule has 6 nitrogen and oxygen atoms in total. The molecule has 9 heteroatoms. The molecule has 2 heterocycles. The van der Waals surface area contributed by atoms with Gasteiger partial charge in [-0.2, -0.15) is 0 Å². The Morgan fingerprint density at radius 2 is 1.84 bits per heavy atom. The summed E-state index contributed by atoms with van der Waals surface area (Å²) >= 11 is 12.9. The lowest BCUT2D eigenvalue weighted by atomic mass is 10.2. The Morgan fingerprint density at radius 1 is 1.06 bits per heavy atom. The third kappa shape index (κ3) is 4.96. The van der Waals surface area contributed by atoms with Crippen molar-refractivity contribution in [3.05, 3.63) is 75.3 Å². The molecule has 0 atom stereocenters. The van der Waals surface area contributed by atoms with Gasteiger partial charge in [0.1, 0.15) is 29.6 Å². The molecule has 1 aromatic heterocycles. The van der Waals surface area contributed by atoms with Crippen molar-refractivity contribution in [2.24, 2.45) is 0 Å². The van der Waals surface area contributed by atoms with Crippen LogP contribution < -0.4 is 9.47 Å². The molecular weight excluding hydrogens is 473 g/mol. The topological polar surface area (TPSA) is 69.0 Å². The molecule has 0 N–H and O–H groups in total. The van der Waals surface area contributed by atoms with Crippen molar-refractivity contribution in [2.75, 3.05) is 20.3 Å². The van der Waals surface area contributed by atoms with E-state index in [1.807, 2.05) is 6.07 Å². The number of carbonyl (C=O) groups excluding carboxylic acids is 2. The summed E-state index contributed by atoms with van der Waals surface area (Å²) in [6, 6.07) is 15.7. The van der Waals surface area contributed by atoms with Crippen LogP contribution in [0.4, 0.5) is 4.79 Å². The second kappa shape index (κ2) is 9.73. The summed E-state index contributed by atoms with van der Waals surface area (Å²) in [5.41, 5.74) is 0.767. The zero-order chi connectivity index (χ0) is 22.7. The van der Waals surface area contributed by atoms with Crippen LogP contribution in [0.2, 0.25) is 10.0 Å². The number of hydrogen-bond donors (Lipinski definition) is 0. The first-order valence-electron chi connectivity index (χ1n) is 9.52. The number of methoxy groups -OCH3 is 1. The number of nitrogens with zero attached hydrogens (tertiary/aromatic N) is 1. The molecule has 0 saturated carbocycles. The van der Waals surface area contributed by atoms with E-state index in [0.717, 1.165) is 22.2 Å². The highest BCUT2D eigenvalue weighted by Gasteiger charge is 2.35. The lowest BCUT2D eigenvalue weighted by Gasteiger charge is -2.13. The lowest BCUT2D eigenvalue weighted by Crippen LogP contribution is -2.32. The first-order chi connectivity index (χ1) is 15.4. The van der Waals surface area contributed by atoms with E-state index in [1.54, 1.807) is 61.7 Å². The molecule has 0 radical (unpaired) electrons. The van der Waals surface area contributed by atoms with Crippen molar-refractivity contribution in [3.8, 4) is 22.8 Å². The Labute approximate surface area is 198 Å². The Bertz CT molecular complexity index is 1190. The van der Waals surface area contributed by atoms with Gasteiger partial charge in [0.2, 0.25) is 0 Å². The second-order valence-corrected chi connectivity index (χ2v) is 8.52. The lowest BCUT2D eigenvalue weighted by molar-refractivity contribution is -0.123. The van der Waals surface area contributed by atoms with E-state index in [1.165, 1.54) is 0 Å². The Kier molecular flexibility index (Phi) is 6.79. The van der Waals surface area contributed by atoms with Gasteiger partial charge in [0.05, 0.1) is 23.6 Å². The van der Waals surface area contributed by atoms with Gasteiger partial charge in [0.15, 0.2) is 0 Å². The molecule has 3 aromatic rings. The van der Waals surface area contributed by atoms with Gasteiger partial charge >= 0.3 is 0 Å². The third-order valence-corrected chi connectivity index (χ3v) is 6.06. The van der Waals surface area contributed by atoms with E-state index in [2.05, 4.69) is 0 Å². The first kappa shape index (κ1) is 22.3. The number of hydrogen-bond acceptors (Lipinski definition) is 6.